The molecule has 2 heterocycles. The molecule has 2 aromatic heterocycles. The van der Waals surface area contributed by atoms with Crippen LogP contribution in [0.1, 0.15) is 32.0 Å². The molecule has 0 aliphatic heterocycles. The van der Waals surface area contributed by atoms with Crippen molar-refractivity contribution in [1.82, 2.24) is 0 Å². The van der Waals surface area contributed by atoms with Crippen LogP contribution in [0, 0.1) is 13.8 Å². The molecule has 0 bridgehead atoms. The predicted molar refractivity (Wildman–Crippen MR) is 128 cm³/mol. The Morgan fingerprint density at radius 1 is 0.536 bits per heavy atom. The summed E-state index contributed by atoms with van der Waals surface area (Å²) in [6.45, 7) is 4.23. The Hall–Kier alpha value is -2.68. The predicted octanol–water partition coefficient (Wildman–Crippen LogP) is 8.43. The van der Waals surface area contributed by atoms with E-state index in [1.165, 1.54) is 43.1 Å². The molecule has 2 aromatic carbocycles. The molecule has 0 nitrogen and oxygen atoms in total. The van der Waals surface area contributed by atoms with E-state index >= 15 is 0 Å². The molecule has 2 heteroatoms. The lowest BCUT2D eigenvalue weighted by Gasteiger charge is -1.94. The van der Waals surface area contributed by atoms with Gasteiger partial charge in [0.1, 0.15) is 0 Å². The normalized spacial score (nSPS) is 11.6. The summed E-state index contributed by atoms with van der Waals surface area (Å²) in [5.41, 5.74) is 7.64. The molecule has 0 aliphatic carbocycles. The molecule has 138 valence electrons. The van der Waals surface area contributed by atoms with Crippen LogP contribution in [0.5, 0.6) is 0 Å². The van der Waals surface area contributed by atoms with E-state index in [0.717, 1.165) is 0 Å². The minimum Gasteiger partial charge on any atom is -0.144 e. The van der Waals surface area contributed by atoms with Gasteiger partial charge in [0.2, 0.25) is 0 Å². The van der Waals surface area contributed by atoms with Crippen LogP contribution in [0.4, 0.5) is 0 Å². The molecular weight excluding hydrogens is 376 g/mol. The van der Waals surface area contributed by atoms with Crippen molar-refractivity contribution in [3.05, 3.63) is 103 Å². The zero-order valence-electron chi connectivity index (χ0n) is 16.1. The third kappa shape index (κ3) is 4.78. The summed E-state index contributed by atoms with van der Waals surface area (Å²) < 4.78 is 0. The first-order valence-corrected chi connectivity index (χ1v) is 11.1. The molecule has 4 aromatic rings. The van der Waals surface area contributed by atoms with E-state index in [1.54, 1.807) is 22.7 Å². The molecule has 28 heavy (non-hydrogen) atoms. The molecule has 0 N–H and O–H groups in total. The van der Waals surface area contributed by atoms with E-state index in [-0.39, 0.29) is 0 Å². The zero-order chi connectivity index (χ0) is 19.3. The van der Waals surface area contributed by atoms with Crippen LogP contribution < -0.4 is 0 Å². The van der Waals surface area contributed by atoms with Gasteiger partial charge >= 0.3 is 0 Å². The maximum atomic E-state index is 2.27. The van der Waals surface area contributed by atoms with E-state index < -0.39 is 0 Å². The Morgan fingerprint density at radius 3 is 1.32 bits per heavy atom. The lowest BCUT2D eigenvalue weighted by Crippen LogP contribution is -1.73. The number of thiophene rings is 2. The van der Waals surface area contributed by atoms with Gasteiger partial charge in [-0.1, -0.05) is 71.8 Å². The fourth-order valence-electron chi connectivity index (χ4n) is 2.90. The first kappa shape index (κ1) is 18.7. The van der Waals surface area contributed by atoms with Gasteiger partial charge in [-0.05, 0) is 71.1 Å². The monoisotopic (exact) mass is 398 g/mol. The number of hydrogen-bond donors (Lipinski definition) is 0. The van der Waals surface area contributed by atoms with Crippen molar-refractivity contribution < 1.29 is 0 Å². The second kappa shape index (κ2) is 8.55. The third-order valence-corrected chi connectivity index (χ3v) is 6.40. The summed E-state index contributed by atoms with van der Waals surface area (Å²) in [5.74, 6) is 0. The number of hydrogen-bond acceptors (Lipinski definition) is 2. The Bertz CT molecular complexity index is 1010. The first-order chi connectivity index (χ1) is 13.7. The van der Waals surface area contributed by atoms with Crippen molar-refractivity contribution in [2.45, 2.75) is 13.8 Å². The average Bonchev–Trinajstić information content (AvgIpc) is 3.36. The Labute approximate surface area is 175 Å². The first-order valence-electron chi connectivity index (χ1n) is 9.33. The maximum absolute atomic E-state index is 2.27. The molecule has 4 rings (SSSR count). The van der Waals surface area contributed by atoms with E-state index in [1.807, 2.05) is 0 Å². The van der Waals surface area contributed by atoms with Crippen molar-refractivity contribution in [1.29, 1.82) is 0 Å². The Kier molecular flexibility index (Phi) is 5.70. The molecule has 0 saturated carbocycles. The lowest BCUT2D eigenvalue weighted by atomic mass is 10.1. The van der Waals surface area contributed by atoms with Gasteiger partial charge < -0.3 is 0 Å². The summed E-state index contributed by atoms with van der Waals surface area (Å²) in [6.07, 6.45) is 8.75. The number of aryl methyl sites for hydroxylation is 2. The zero-order valence-corrected chi connectivity index (χ0v) is 17.7. The summed E-state index contributed by atoms with van der Waals surface area (Å²) in [5, 5.41) is 4.48. The lowest BCUT2D eigenvalue weighted by molar-refractivity contribution is 1.46. The molecule has 0 fully saturated rings. The molecule has 0 unspecified atom stereocenters. The van der Waals surface area contributed by atoms with Crippen molar-refractivity contribution in [2.75, 3.05) is 0 Å². The molecule has 0 radical (unpaired) electrons. The van der Waals surface area contributed by atoms with Gasteiger partial charge in [-0.25, -0.2) is 0 Å². The molecule has 0 spiro atoms. The highest BCUT2D eigenvalue weighted by molar-refractivity contribution is 7.12. The van der Waals surface area contributed by atoms with E-state index in [4.69, 9.17) is 0 Å². The highest BCUT2D eigenvalue weighted by Gasteiger charge is 2.03. The fraction of sp³-hybridized carbons (Fsp3) is 0.0769. The Morgan fingerprint density at radius 2 is 0.929 bits per heavy atom. The van der Waals surface area contributed by atoms with Crippen molar-refractivity contribution in [3.8, 4) is 11.1 Å². The van der Waals surface area contributed by atoms with Gasteiger partial charge in [-0.2, -0.15) is 0 Å². The van der Waals surface area contributed by atoms with Gasteiger partial charge in [0.05, 0.1) is 0 Å². The molecule has 0 amide bonds. The smallest absolute Gasteiger partial charge is 0.0276 e. The van der Waals surface area contributed by atoms with Crippen LogP contribution >= 0.6 is 22.7 Å². The minimum atomic E-state index is 1.24. The SMILES string of the molecule is Cc1ccc(C=Cc2cc(-c3csc(C=Cc4ccc(C)cc4)c3)cs2)cc1. The standard InChI is InChI=1S/C26H22S2/c1-19-3-7-21(8-4-19)11-13-25-15-23(17-27-25)24-16-26(28-18-24)14-12-22-9-5-20(2)6-10-22/h3-18H,1-2H3. The second-order valence-corrected chi connectivity index (χ2v) is 8.85. The highest BCUT2D eigenvalue weighted by atomic mass is 32.1. The van der Waals surface area contributed by atoms with E-state index in [9.17, 15) is 0 Å². The van der Waals surface area contributed by atoms with Crippen LogP contribution in [-0.2, 0) is 0 Å². The molecular formula is C26H22S2. The largest absolute Gasteiger partial charge is 0.144 e. The average molecular weight is 399 g/mol. The van der Waals surface area contributed by atoms with Crippen molar-refractivity contribution >= 4 is 47.0 Å². The fourth-order valence-corrected chi connectivity index (χ4v) is 4.51. The van der Waals surface area contributed by atoms with Crippen LogP contribution in [0.15, 0.2) is 71.4 Å². The van der Waals surface area contributed by atoms with Crippen molar-refractivity contribution in [3.63, 3.8) is 0 Å². The van der Waals surface area contributed by atoms with Gasteiger partial charge in [0.15, 0.2) is 0 Å². The topological polar surface area (TPSA) is 0 Å². The molecule has 0 atom stereocenters. The minimum absolute atomic E-state index is 1.24. The third-order valence-electron chi connectivity index (χ3n) is 4.61. The van der Waals surface area contributed by atoms with Crippen LogP contribution in [0.3, 0.4) is 0 Å². The van der Waals surface area contributed by atoms with Crippen LogP contribution in [0.25, 0.3) is 35.4 Å². The van der Waals surface area contributed by atoms with Crippen LogP contribution in [-0.4, -0.2) is 0 Å². The summed E-state index contributed by atoms with van der Waals surface area (Å²) in [7, 11) is 0. The van der Waals surface area contributed by atoms with Crippen LogP contribution in [0.2, 0.25) is 0 Å². The maximum Gasteiger partial charge on any atom is 0.0276 e. The highest BCUT2D eigenvalue weighted by Crippen LogP contribution is 2.31. The summed E-state index contributed by atoms with van der Waals surface area (Å²) in [6, 6.07) is 21.8. The van der Waals surface area contributed by atoms with Crippen molar-refractivity contribution in [2.24, 2.45) is 0 Å². The number of rotatable bonds is 5. The van der Waals surface area contributed by atoms with Gasteiger partial charge in [0.25, 0.3) is 0 Å². The summed E-state index contributed by atoms with van der Waals surface area (Å²) >= 11 is 3.57. The van der Waals surface area contributed by atoms with Gasteiger partial charge in [0, 0.05) is 9.75 Å². The van der Waals surface area contributed by atoms with Gasteiger partial charge in [-0.15, -0.1) is 22.7 Å². The van der Waals surface area contributed by atoms with Gasteiger partial charge in [-0.3, -0.25) is 0 Å². The molecule has 0 aliphatic rings. The molecule has 0 saturated heterocycles. The number of benzene rings is 2. The summed E-state index contributed by atoms with van der Waals surface area (Å²) in [4.78, 5) is 2.55. The van der Waals surface area contributed by atoms with E-state index in [0.29, 0.717) is 0 Å². The second-order valence-electron chi connectivity index (χ2n) is 6.96. The van der Waals surface area contributed by atoms with E-state index in [2.05, 4.69) is 110 Å². The quantitative estimate of drug-likeness (QED) is 0.316. The Balaban J connectivity index is 1.45.